The molecule has 18 heavy (non-hydrogen) atoms. The first-order valence-corrected chi connectivity index (χ1v) is 7.55. The summed E-state index contributed by atoms with van der Waals surface area (Å²) in [6.07, 6.45) is 2.56. The number of carbonyl (C=O) groups is 1. The minimum atomic E-state index is -0.393. The van der Waals surface area contributed by atoms with E-state index in [4.69, 9.17) is 0 Å². The highest BCUT2D eigenvalue weighted by atomic mass is 32.1. The summed E-state index contributed by atoms with van der Waals surface area (Å²) in [6.45, 7) is 4.69. The van der Waals surface area contributed by atoms with E-state index in [2.05, 4.69) is 18.4 Å². The molecule has 1 aromatic rings. The summed E-state index contributed by atoms with van der Waals surface area (Å²) in [5.74, 6) is 0.180. The number of carbonyl (C=O) groups excluding carboxylic acids is 1. The number of hydrogen-bond acceptors (Lipinski definition) is 3. The third-order valence-corrected chi connectivity index (χ3v) is 4.57. The second-order valence-electron chi connectivity index (χ2n) is 4.95. The van der Waals surface area contributed by atoms with Crippen molar-refractivity contribution in [3.05, 3.63) is 21.9 Å². The van der Waals surface area contributed by atoms with Crippen LogP contribution < -0.4 is 0 Å². The van der Waals surface area contributed by atoms with Gasteiger partial charge in [-0.15, -0.1) is 11.3 Å². The van der Waals surface area contributed by atoms with Gasteiger partial charge < -0.3 is 10.0 Å². The highest BCUT2D eigenvalue weighted by Gasteiger charge is 2.29. The Morgan fingerprint density at radius 1 is 1.67 bits per heavy atom. The third-order valence-electron chi connectivity index (χ3n) is 3.58. The lowest BCUT2D eigenvalue weighted by Gasteiger charge is -2.35. The largest absolute Gasteiger partial charge is 0.393 e. The van der Waals surface area contributed by atoms with Gasteiger partial charge in [-0.05, 0) is 43.2 Å². The van der Waals surface area contributed by atoms with Gasteiger partial charge in [0.2, 0.25) is 5.91 Å². The zero-order chi connectivity index (χ0) is 13.1. The second kappa shape index (κ2) is 5.85. The van der Waals surface area contributed by atoms with Crippen LogP contribution in [0.4, 0.5) is 0 Å². The molecule has 0 saturated heterocycles. The highest BCUT2D eigenvalue weighted by molar-refractivity contribution is 7.10. The summed E-state index contributed by atoms with van der Waals surface area (Å²) in [7, 11) is 0. The van der Waals surface area contributed by atoms with Crippen LogP contribution in [-0.2, 0) is 11.2 Å². The molecule has 1 aliphatic heterocycles. The Bertz CT molecular complexity index is 414. The van der Waals surface area contributed by atoms with Crippen LogP contribution in [0, 0.1) is 0 Å². The molecular formula is C14H21NO2S. The smallest absolute Gasteiger partial charge is 0.223 e. The Morgan fingerprint density at radius 2 is 2.44 bits per heavy atom. The molecule has 1 N–H and O–H groups in total. The van der Waals surface area contributed by atoms with E-state index < -0.39 is 6.10 Å². The Labute approximate surface area is 112 Å². The summed E-state index contributed by atoms with van der Waals surface area (Å²) < 4.78 is 0. The van der Waals surface area contributed by atoms with E-state index in [9.17, 15) is 9.90 Å². The summed E-state index contributed by atoms with van der Waals surface area (Å²) in [5, 5.41) is 11.4. The number of hydrogen-bond donors (Lipinski definition) is 1. The molecule has 1 aliphatic rings. The monoisotopic (exact) mass is 267 g/mol. The van der Waals surface area contributed by atoms with Crippen LogP contribution in [0.15, 0.2) is 11.4 Å². The predicted octanol–water partition coefficient (Wildman–Crippen LogP) is 2.74. The molecule has 0 spiro atoms. The van der Waals surface area contributed by atoms with Crippen molar-refractivity contribution in [2.45, 2.75) is 51.7 Å². The first kappa shape index (κ1) is 13.6. The third kappa shape index (κ3) is 2.75. The number of thiophene rings is 1. The molecule has 100 valence electrons. The lowest BCUT2D eigenvalue weighted by Crippen LogP contribution is -2.39. The number of aliphatic hydroxyl groups excluding tert-OH is 1. The number of nitrogens with zero attached hydrogens (tertiary/aromatic N) is 1. The minimum absolute atomic E-state index is 0.180. The van der Waals surface area contributed by atoms with Crippen LogP contribution in [0.3, 0.4) is 0 Å². The number of aliphatic hydroxyl groups is 1. The Kier molecular flexibility index (Phi) is 4.40. The molecule has 0 bridgehead atoms. The number of amides is 1. The van der Waals surface area contributed by atoms with E-state index in [1.165, 1.54) is 10.4 Å². The van der Waals surface area contributed by atoms with Gasteiger partial charge in [0.25, 0.3) is 0 Å². The van der Waals surface area contributed by atoms with Crippen LogP contribution in [0.25, 0.3) is 0 Å². The summed E-state index contributed by atoms with van der Waals surface area (Å²) in [5.41, 5.74) is 1.33. The molecule has 0 aromatic carbocycles. The Hall–Kier alpha value is -0.870. The van der Waals surface area contributed by atoms with Crippen LogP contribution in [0.1, 0.15) is 49.6 Å². The molecule has 2 unspecified atom stereocenters. The fourth-order valence-corrected chi connectivity index (χ4v) is 3.54. The van der Waals surface area contributed by atoms with Gasteiger partial charge in [0.1, 0.15) is 0 Å². The summed E-state index contributed by atoms with van der Waals surface area (Å²) in [6, 6.07) is 2.39. The van der Waals surface area contributed by atoms with E-state index in [1.54, 1.807) is 18.3 Å². The number of rotatable bonds is 4. The van der Waals surface area contributed by atoms with E-state index >= 15 is 0 Å². The highest BCUT2D eigenvalue weighted by Crippen LogP contribution is 2.35. The van der Waals surface area contributed by atoms with Crippen LogP contribution in [0.5, 0.6) is 0 Å². The van der Waals surface area contributed by atoms with Crippen LogP contribution in [0.2, 0.25) is 0 Å². The van der Waals surface area contributed by atoms with Gasteiger partial charge in [-0.3, -0.25) is 4.79 Å². The lowest BCUT2D eigenvalue weighted by atomic mass is 9.97. The van der Waals surface area contributed by atoms with Crippen LogP contribution in [-0.4, -0.2) is 28.6 Å². The number of fused-ring (bicyclic) bond motifs is 1. The molecular weight excluding hydrogens is 246 g/mol. The molecule has 0 aliphatic carbocycles. The molecule has 0 saturated carbocycles. The Balaban J connectivity index is 2.08. The summed E-state index contributed by atoms with van der Waals surface area (Å²) in [4.78, 5) is 15.7. The average Bonchev–Trinajstić information content (AvgIpc) is 2.82. The van der Waals surface area contributed by atoms with E-state index in [0.29, 0.717) is 12.8 Å². The zero-order valence-electron chi connectivity index (χ0n) is 11.1. The zero-order valence-corrected chi connectivity index (χ0v) is 11.9. The molecule has 4 heteroatoms. The van der Waals surface area contributed by atoms with Gasteiger partial charge in [-0.1, -0.05) is 6.92 Å². The van der Waals surface area contributed by atoms with Gasteiger partial charge in [0.15, 0.2) is 0 Å². The van der Waals surface area contributed by atoms with E-state index in [-0.39, 0.29) is 11.9 Å². The predicted molar refractivity (Wildman–Crippen MR) is 73.7 cm³/mol. The SMILES string of the molecule is CCC1c2ccsc2CCN1C(=O)CCC(C)O. The van der Waals surface area contributed by atoms with E-state index in [0.717, 1.165) is 19.4 Å². The van der Waals surface area contributed by atoms with Crippen LogP contribution >= 0.6 is 11.3 Å². The van der Waals surface area contributed by atoms with Crippen molar-refractivity contribution < 1.29 is 9.90 Å². The van der Waals surface area contributed by atoms with Crippen molar-refractivity contribution in [3.8, 4) is 0 Å². The molecule has 1 aromatic heterocycles. The maximum absolute atomic E-state index is 12.2. The lowest BCUT2D eigenvalue weighted by molar-refractivity contribution is -0.134. The minimum Gasteiger partial charge on any atom is -0.393 e. The van der Waals surface area contributed by atoms with Crippen molar-refractivity contribution in [2.24, 2.45) is 0 Å². The molecule has 2 heterocycles. The van der Waals surface area contributed by atoms with Crippen molar-refractivity contribution >= 4 is 17.2 Å². The molecule has 2 rings (SSSR count). The topological polar surface area (TPSA) is 40.5 Å². The van der Waals surface area contributed by atoms with Gasteiger partial charge in [0.05, 0.1) is 12.1 Å². The van der Waals surface area contributed by atoms with Gasteiger partial charge in [-0.25, -0.2) is 0 Å². The van der Waals surface area contributed by atoms with E-state index in [1.807, 2.05) is 4.90 Å². The molecule has 3 nitrogen and oxygen atoms in total. The maximum Gasteiger partial charge on any atom is 0.223 e. The normalized spacial score (nSPS) is 20.6. The standard InChI is InChI=1S/C14H21NO2S/c1-3-12-11-7-9-18-13(11)6-8-15(12)14(17)5-4-10(2)16/h7,9-10,12,16H,3-6,8H2,1-2H3. The molecule has 0 fully saturated rings. The maximum atomic E-state index is 12.2. The van der Waals surface area contributed by atoms with Gasteiger partial charge in [-0.2, -0.15) is 0 Å². The van der Waals surface area contributed by atoms with Gasteiger partial charge in [0, 0.05) is 17.8 Å². The fraction of sp³-hybridized carbons (Fsp3) is 0.643. The van der Waals surface area contributed by atoms with Gasteiger partial charge >= 0.3 is 0 Å². The first-order valence-electron chi connectivity index (χ1n) is 6.67. The second-order valence-corrected chi connectivity index (χ2v) is 5.95. The van der Waals surface area contributed by atoms with Crippen molar-refractivity contribution in [2.75, 3.05) is 6.54 Å². The van der Waals surface area contributed by atoms with Crippen molar-refractivity contribution in [3.63, 3.8) is 0 Å². The van der Waals surface area contributed by atoms with Crippen molar-refractivity contribution in [1.82, 2.24) is 4.90 Å². The quantitative estimate of drug-likeness (QED) is 0.911. The van der Waals surface area contributed by atoms with Crippen molar-refractivity contribution in [1.29, 1.82) is 0 Å². The molecule has 0 radical (unpaired) electrons. The molecule has 2 atom stereocenters. The average molecular weight is 267 g/mol. The molecule has 1 amide bonds. The summed E-state index contributed by atoms with van der Waals surface area (Å²) >= 11 is 1.80. The first-order chi connectivity index (χ1) is 8.63. The Morgan fingerprint density at radius 3 is 3.11 bits per heavy atom. The fourth-order valence-electron chi connectivity index (χ4n) is 2.61.